The molecule has 1 aliphatic heterocycles. The summed E-state index contributed by atoms with van der Waals surface area (Å²) in [6.45, 7) is 36.6. The number of aromatic amines is 1. The number of H-pyrrole nitrogens is 1. The number of nitriles is 1. The molecule has 0 atom stereocenters. The number of halogens is 9. The molecule has 92 heavy (non-hydrogen) atoms. The third-order valence-electron chi connectivity index (χ3n) is 14.7. The Morgan fingerprint density at radius 3 is 1.30 bits per heavy atom. The van der Waals surface area contributed by atoms with Crippen molar-refractivity contribution in [2.45, 2.75) is 138 Å². The largest absolute Gasteiger partial charge is 1.00 e. The summed E-state index contributed by atoms with van der Waals surface area (Å²) < 4.78 is 14.1. The number of aromatic nitrogens is 4. The molecule has 0 radical (unpaired) electrons. The Hall–Kier alpha value is -2.46. The number of nitrogens with zero attached hydrogens (tertiary/aromatic N) is 8. The summed E-state index contributed by atoms with van der Waals surface area (Å²) in [6.07, 6.45) is 0. The zero-order chi connectivity index (χ0) is 67.8. The number of benzene rings is 5. The summed E-state index contributed by atoms with van der Waals surface area (Å²) >= 11 is 48.8. The maximum atomic E-state index is 9.76. The number of hydrogen-bond acceptors (Lipinski definition) is 9. The monoisotopic (exact) mass is 1700 g/mol. The van der Waals surface area contributed by atoms with Crippen LogP contribution in [0, 0.1) is 17.9 Å². The fourth-order valence-corrected chi connectivity index (χ4v) is 15.5. The van der Waals surface area contributed by atoms with E-state index in [1.54, 1.807) is 28.7 Å². The average molecular weight is 1710 g/mol. The van der Waals surface area contributed by atoms with E-state index in [0.717, 1.165) is 85.5 Å². The van der Waals surface area contributed by atoms with Crippen LogP contribution in [0.4, 0.5) is 5.69 Å². The molecule has 0 amide bonds. The number of rotatable bonds is 11. The molecule has 10 rings (SSSR count). The van der Waals surface area contributed by atoms with Crippen LogP contribution in [0.1, 0.15) is 160 Å². The topological polar surface area (TPSA) is 160 Å². The van der Waals surface area contributed by atoms with E-state index in [4.69, 9.17) is 84.9 Å². The molecule has 9 aromatic rings. The van der Waals surface area contributed by atoms with Gasteiger partial charge in [-0.05, 0) is 213 Å². The van der Waals surface area contributed by atoms with Crippen molar-refractivity contribution >= 4 is 169 Å². The number of tetrazole rings is 1. The summed E-state index contributed by atoms with van der Waals surface area (Å²) in [4.78, 5) is 9.12. The number of nitrogens with one attached hydrogen (secondary N) is 1. The first kappa shape index (κ1) is 82.0. The Morgan fingerprint density at radius 1 is 0.576 bits per heavy atom. The molecule has 4 aromatic heterocycles. The van der Waals surface area contributed by atoms with Crippen molar-refractivity contribution in [1.29, 1.82) is 5.26 Å². The van der Waals surface area contributed by atoms with Crippen molar-refractivity contribution in [2.24, 2.45) is 0 Å². The van der Waals surface area contributed by atoms with E-state index < -0.39 is 0 Å². The van der Waals surface area contributed by atoms with Gasteiger partial charge in [0.15, 0.2) is 0 Å². The van der Waals surface area contributed by atoms with Crippen LogP contribution in [0.2, 0.25) is 25.1 Å². The maximum Gasteiger partial charge on any atom is 1.00 e. The quantitative estimate of drug-likeness (QED) is 0.0446. The third kappa shape index (κ3) is 22.0. The Kier molecular flexibility index (Phi) is 33.9. The van der Waals surface area contributed by atoms with Gasteiger partial charge in [0.1, 0.15) is 6.07 Å². The van der Waals surface area contributed by atoms with Gasteiger partial charge >= 0.3 is 77.1 Å². The van der Waals surface area contributed by atoms with Crippen LogP contribution in [0.25, 0.3) is 74.0 Å². The smallest absolute Gasteiger partial charge is 0.373 e. The molecule has 5 aromatic carbocycles. The fraction of sp³-hybridized carbons (Fsp3) is 0.318. The predicted molar refractivity (Wildman–Crippen MR) is 400 cm³/mol. The molecule has 0 spiro atoms. The fourth-order valence-electron chi connectivity index (χ4n) is 9.52. The van der Waals surface area contributed by atoms with Crippen LogP contribution in [-0.2, 0) is 22.5 Å². The third-order valence-corrected chi connectivity index (χ3v) is 20.6. The van der Waals surface area contributed by atoms with Crippen molar-refractivity contribution < 1.29 is 52.1 Å². The van der Waals surface area contributed by atoms with Gasteiger partial charge in [0.05, 0.1) is 35.8 Å². The molecule has 1 saturated heterocycles. The van der Waals surface area contributed by atoms with Gasteiger partial charge in [-0.3, -0.25) is 4.91 Å². The van der Waals surface area contributed by atoms with Crippen molar-refractivity contribution in [3.63, 3.8) is 0 Å². The summed E-state index contributed by atoms with van der Waals surface area (Å²) in [5.41, 5.74) is 26.8. The van der Waals surface area contributed by atoms with E-state index in [-0.39, 0.29) is 61.1 Å². The first-order valence-electron chi connectivity index (χ1n) is 28.6. The van der Waals surface area contributed by atoms with Gasteiger partial charge in [0.2, 0.25) is 11.5 Å². The van der Waals surface area contributed by atoms with Gasteiger partial charge in [-0.1, -0.05) is 174 Å². The number of thiophene rings is 3. The van der Waals surface area contributed by atoms with Crippen LogP contribution in [0.5, 0.6) is 0 Å². The van der Waals surface area contributed by atoms with Crippen molar-refractivity contribution in [2.75, 3.05) is 0 Å². The standard InChI is InChI=1S/C23H22Cl2N4S.C23H21Cl2NS.C15H22BClO2.C5HBr2NS.2BrH.N3.Na.Zn/c1-12(2)18-9-14(24)5-7-16(18)21-11-20(23-26-28-29-27-23)22(30-21)17-8-6-15(25)10-19(17)13(3)4;1-13(2)20-10-16(24)5-7-18(20)22-9-15(12-26)23(27-22)19-8-6-17(25)11-21(19)14(3)4;1-10(2)12-9-11(17)7-8-13(12)16-18-14(3,4)15(5,6)19-16;1-8-3-2-4(6)9-5(3)7;;;1-3-2;;/h5-13H,1-4H3,(H,26,27,28,29);5-11,13-14H,1-4H3;7-10H,1-6H3;2H;2*1H;;;/q;;;;;;-1;+1;+2/p-2. The summed E-state index contributed by atoms with van der Waals surface area (Å²) in [5, 5.41) is 28.3. The van der Waals surface area contributed by atoms with E-state index >= 15 is 0 Å². The molecule has 0 unspecified atom stereocenters. The van der Waals surface area contributed by atoms with E-state index in [2.05, 4.69) is 218 Å². The van der Waals surface area contributed by atoms with Crippen molar-refractivity contribution in [3.8, 4) is 59.2 Å². The Bertz CT molecular complexity index is 4040. The zero-order valence-electron chi connectivity index (χ0n) is 53.6. The molecular formula is C66H66BBr4Cl5N9NaO2S3Zn. The van der Waals surface area contributed by atoms with Crippen LogP contribution in [0.15, 0.2) is 117 Å². The molecule has 1 aliphatic rings. The Labute approximate surface area is 639 Å². The van der Waals surface area contributed by atoms with Gasteiger partial charge in [-0.25, -0.2) is 4.85 Å². The van der Waals surface area contributed by atoms with Crippen LogP contribution in [0.3, 0.4) is 0 Å². The second-order valence-corrected chi connectivity index (χ2v) is 45.2. The zero-order valence-corrected chi connectivity index (χ0v) is 71.1. The summed E-state index contributed by atoms with van der Waals surface area (Å²) in [6, 6.07) is 38.3. The van der Waals surface area contributed by atoms with Crippen LogP contribution >= 0.6 is 151 Å². The summed E-state index contributed by atoms with van der Waals surface area (Å²) in [7, 11) is -0.320. The predicted octanol–water partition coefficient (Wildman–Crippen LogP) is 23.5. The van der Waals surface area contributed by atoms with Crippen molar-refractivity contribution in [1.82, 2.24) is 20.6 Å². The Morgan fingerprint density at radius 2 is 0.946 bits per heavy atom. The molecule has 0 aliphatic carbocycles. The van der Waals surface area contributed by atoms with Crippen LogP contribution in [-0.4, -0.2) is 38.9 Å². The van der Waals surface area contributed by atoms with E-state index in [1.807, 2.05) is 72.8 Å². The van der Waals surface area contributed by atoms with Gasteiger partial charge in [0.25, 0.3) is 0 Å². The summed E-state index contributed by atoms with van der Waals surface area (Å²) in [5.74, 6) is 2.29. The average Bonchev–Trinajstić information content (AvgIpc) is 2.07. The molecule has 1 N–H and O–H groups in total. The molecule has 0 bridgehead atoms. The minimum absolute atomic E-state index is 0. The molecule has 1 fully saturated rings. The second-order valence-electron chi connectivity index (χ2n) is 23.1. The Balaban J connectivity index is 0.000000267. The van der Waals surface area contributed by atoms with Crippen molar-refractivity contribution in [3.05, 3.63) is 203 Å². The number of hydrogen-bond donors (Lipinski definition) is 1. The molecule has 11 nitrogen and oxygen atoms in total. The van der Waals surface area contributed by atoms with E-state index in [1.165, 1.54) is 44.1 Å². The normalized spacial score (nSPS) is 12.5. The molecule has 0 saturated carbocycles. The molecule has 26 heteroatoms. The minimum atomic E-state index is -0.320. The van der Waals surface area contributed by atoms with Gasteiger partial charge in [0, 0.05) is 45.3 Å². The van der Waals surface area contributed by atoms with Gasteiger partial charge in [-0.2, -0.15) is 10.5 Å². The van der Waals surface area contributed by atoms with E-state index in [0.29, 0.717) is 46.7 Å². The minimum Gasteiger partial charge on any atom is -0.373 e. The van der Waals surface area contributed by atoms with Crippen LogP contribution < -0.4 is 35.0 Å². The molecule has 5 heterocycles. The first-order valence-corrected chi connectivity index (χ1v) is 48.4. The first-order chi connectivity index (χ1) is 42.9. The SMILES string of the molecule is CC(C)c1cc(Cl)ccc1-c1cc(-c2nn[nH]n2)c(-c2ccc(Cl)cc2C(C)C)s1.CC(C)c1cc(Cl)ccc1-c1cc(C#N)c(-c2ccc(Cl)cc2C(C)C)s1.CC(C)c1cc(Cl)ccc1B1OC(C)(C)C(C)(C)O1.[Br][Zn][Br].[C-]#[N+]c1cc(Br)sc1Br.[N-]=[N+]=[N-].[Na+]. The maximum absolute atomic E-state index is 9.76. The molecular weight excluding hydrogens is 1640 g/mol. The van der Waals surface area contributed by atoms with E-state index in [9.17, 15) is 5.26 Å². The van der Waals surface area contributed by atoms with Gasteiger partial charge in [-0.15, -0.1) is 44.2 Å². The van der Waals surface area contributed by atoms with Gasteiger partial charge < -0.3 is 20.4 Å². The second kappa shape index (κ2) is 38.0. The molecule has 474 valence electrons.